The van der Waals surface area contributed by atoms with Crippen molar-refractivity contribution in [2.24, 2.45) is 11.8 Å². The number of rotatable bonds is 2. The van der Waals surface area contributed by atoms with Crippen LogP contribution >= 0.6 is 0 Å². The van der Waals surface area contributed by atoms with Crippen LogP contribution in [0.1, 0.15) is 51.5 Å². The highest BCUT2D eigenvalue weighted by Crippen LogP contribution is 2.43. The molecule has 4 rings (SSSR count). The molecule has 0 unspecified atom stereocenters. The van der Waals surface area contributed by atoms with E-state index in [1.54, 1.807) is 6.92 Å². The second kappa shape index (κ2) is 6.84. The molecule has 2 atom stereocenters. The van der Waals surface area contributed by atoms with Gasteiger partial charge in [-0.1, -0.05) is 25.1 Å². The van der Waals surface area contributed by atoms with Crippen LogP contribution in [0, 0.1) is 11.8 Å². The molecule has 2 fully saturated rings. The molecule has 3 aliphatic rings. The molecule has 1 aromatic rings. The quantitative estimate of drug-likeness (QED) is 0.803. The van der Waals surface area contributed by atoms with Gasteiger partial charge < -0.3 is 14.5 Å². The van der Waals surface area contributed by atoms with Gasteiger partial charge in [0.25, 0.3) is 0 Å². The molecule has 0 aromatic heterocycles. The number of benzene rings is 1. The number of amides is 2. The Kier molecular flexibility index (Phi) is 4.65. The molecule has 5 nitrogen and oxygen atoms in total. The molecule has 0 bridgehead atoms. The van der Waals surface area contributed by atoms with Gasteiger partial charge in [-0.3, -0.25) is 9.59 Å². The van der Waals surface area contributed by atoms with E-state index >= 15 is 0 Å². The van der Waals surface area contributed by atoms with Crippen LogP contribution in [0.15, 0.2) is 24.3 Å². The predicted molar refractivity (Wildman–Crippen MR) is 103 cm³/mol. The predicted octanol–water partition coefficient (Wildman–Crippen LogP) is 3.22. The van der Waals surface area contributed by atoms with Gasteiger partial charge in [0, 0.05) is 38.0 Å². The van der Waals surface area contributed by atoms with Crippen molar-refractivity contribution in [3.8, 4) is 5.75 Å². The molecule has 2 amide bonds. The highest BCUT2D eigenvalue weighted by molar-refractivity contribution is 5.82. The van der Waals surface area contributed by atoms with Crippen molar-refractivity contribution in [3.05, 3.63) is 29.8 Å². The van der Waals surface area contributed by atoms with Crippen LogP contribution in [-0.2, 0) is 16.1 Å². The molecule has 146 valence electrons. The third-order valence-corrected chi connectivity index (χ3v) is 6.79. The molecule has 0 saturated heterocycles. The van der Waals surface area contributed by atoms with Crippen LogP contribution < -0.4 is 4.74 Å². The molecule has 27 heavy (non-hydrogen) atoms. The molecule has 1 heterocycles. The Balaban J connectivity index is 1.57. The van der Waals surface area contributed by atoms with Crippen LogP contribution in [0.25, 0.3) is 0 Å². The number of nitrogens with zero attached hydrogens (tertiary/aromatic N) is 2. The van der Waals surface area contributed by atoms with Crippen LogP contribution in [0.4, 0.5) is 0 Å². The zero-order chi connectivity index (χ0) is 19.2. The average Bonchev–Trinajstić information content (AvgIpc) is 3.41. The van der Waals surface area contributed by atoms with Gasteiger partial charge >= 0.3 is 0 Å². The summed E-state index contributed by atoms with van der Waals surface area (Å²) in [6.07, 6.45) is 4.58. The number of fused-ring (bicyclic) bond motifs is 1. The van der Waals surface area contributed by atoms with E-state index in [0.717, 1.165) is 43.4 Å². The van der Waals surface area contributed by atoms with Crippen molar-refractivity contribution >= 4 is 11.8 Å². The lowest BCUT2D eigenvalue weighted by Gasteiger charge is -2.43. The summed E-state index contributed by atoms with van der Waals surface area (Å²) in [6.45, 7) is 5.07. The molecule has 1 aliphatic heterocycles. The van der Waals surface area contributed by atoms with Gasteiger partial charge in [0.05, 0.1) is 6.54 Å². The molecule has 1 spiro atoms. The van der Waals surface area contributed by atoms with Crippen LogP contribution in [0.3, 0.4) is 0 Å². The van der Waals surface area contributed by atoms with Gasteiger partial charge in [0.1, 0.15) is 11.4 Å². The lowest BCUT2D eigenvalue weighted by atomic mass is 9.81. The molecule has 2 saturated carbocycles. The Morgan fingerprint density at radius 2 is 1.89 bits per heavy atom. The summed E-state index contributed by atoms with van der Waals surface area (Å²) in [4.78, 5) is 28.7. The van der Waals surface area contributed by atoms with Crippen molar-refractivity contribution in [3.63, 3.8) is 0 Å². The number of ether oxygens (including phenoxy) is 1. The Morgan fingerprint density at radius 1 is 1.22 bits per heavy atom. The van der Waals surface area contributed by atoms with E-state index in [2.05, 4.69) is 13.0 Å². The molecule has 5 heteroatoms. The fourth-order valence-corrected chi connectivity index (χ4v) is 4.70. The van der Waals surface area contributed by atoms with Crippen LogP contribution in [0.5, 0.6) is 5.75 Å². The smallest absolute Gasteiger partial charge is 0.226 e. The van der Waals surface area contributed by atoms with E-state index in [-0.39, 0.29) is 29.4 Å². The lowest BCUT2D eigenvalue weighted by molar-refractivity contribution is -0.137. The van der Waals surface area contributed by atoms with Crippen LogP contribution in [0.2, 0.25) is 0 Å². The first-order valence-corrected chi connectivity index (χ1v) is 10.2. The summed E-state index contributed by atoms with van der Waals surface area (Å²) in [6, 6.07) is 8.38. The zero-order valence-electron chi connectivity index (χ0n) is 16.6. The molecule has 2 aliphatic carbocycles. The maximum Gasteiger partial charge on any atom is 0.226 e. The fourth-order valence-electron chi connectivity index (χ4n) is 4.70. The van der Waals surface area contributed by atoms with Gasteiger partial charge in [0.15, 0.2) is 0 Å². The normalized spacial score (nSPS) is 32.3. The van der Waals surface area contributed by atoms with Crippen molar-refractivity contribution in [2.75, 3.05) is 13.6 Å². The van der Waals surface area contributed by atoms with E-state index in [1.807, 2.05) is 35.0 Å². The van der Waals surface area contributed by atoms with Gasteiger partial charge in [-0.05, 0) is 44.1 Å². The summed E-state index contributed by atoms with van der Waals surface area (Å²) < 4.78 is 6.58. The summed E-state index contributed by atoms with van der Waals surface area (Å²) in [5.74, 6) is 2.00. The monoisotopic (exact) mass is 370 g/mol. The minimum absolute atomic E-state index is 0.114. The first kappa shape index (κ1) is 18.3. The Hall–Kier alpha value is -2.04. The minimum Gasteiger partial charge on any atom is -0.485 e. The molecule has 0 N–H and O–H groups in total. The Morgan fingerprint density at radius 3 is 2.52 bits per heavy atom. The van der Waals surface area contributed by atoms with Gasteiger partial charge in [-0.15, -0.1) is 0 Å². The molecule has 0 radical (unpaired) electrons. The number of carbonyl (C=O) groups excluding carboxylic acids is 2. The van der Waals surface area contributed by atoms with E-state index in [1.165, 1.54) is 0 Å². The summed E-state index contributed by atoms with van der Waals surface area (Å²) in [7, 11) is 1.89. The minimum atomic E-state index is -0.339. The first-order valence-electron chi connectivity index (χ1n) is 10.2. The molecular weight excluding hydrogens is 340 g/mol. The molecular formula is C22H30N2O3. The summed E-state index contributed by atoms with van der Waals surface area (Å²) >= 11 is 0. The maximum absolute atomic E-state index is 13.0. The van der Waals surface area contributed by atoms with E-state index < -0.39 is 0 Å². The number of hydrogen-bond donors (Lipinski definition) is 0. The Bertz CT molecular complexity index is 739. The fraction of sp³-hybridized carbons (Fsp3) is 0.636. The van der Waals surface area contributed by atoms with Crippen LogP contribution in [-0.4, -0.2) is 46.8 Å². The first-order chi connectivity index (χ1) is 12.9. The second-order valence-corrected chi connectivity index (χ2v) is 8.77. The van der Waals surface area contributed by atoms with E-state index in [9.17, 15) is 9.59 Å². The topological polar surface area (TPSA) is 49.9 Å². The van der Waals surface area contributed by atoms with Gasteiger partial charge in [-0.25, -0.2) is 0 Å². The highest BCUT2D eigenvalue weighted by Gasteiger charge is 2.47. The van der Waals surface area contributed by atoms with Gasteiger partial charge in [-0.2, -0.15) is 0 Å². The van der Waals surface area contributed by atoms with Crippen molar-refractivity contribution in [1.82, 2.24) is 9.80 Å². The third kappa shape index (κ3) is 3.56. The SMILES string of the molecule is CC(=O)N(C)C1CCC2(CC1)CN(C(=O)[C@H]1C[C@@H]1C)Cc1ccccc1O2. The van der Waals surface area contributed by atoms with Gasteiger partial charge in [0.2, 0.25) is 11.8 Å². The van der Waals surface area contributed by atoms with Crippen molar-refractivity contribution in [1.29, 1.82) is 0 Å². The molecule has 1 aromatic carbocycles. The lowest BCUT2D eigenvalue weighted by Crippen LogP contribution is -2.52. The number of para-hydroxylation sites is 1. The average molecular weight is 370 g/mol. The van der Waals surface area contributed by atoms with E-state index in [0.29, 0.717) is 19.0 Å². The Labute approximate surface area is 161 Å². The van der Waals surface area contributed by atoms with E-state index in [4.69, 9.17) is 4.74 Å². The van der Waals surface area contributed by atoms with Crippen molar-refractivity contribution in [2.45, 2.75) is 64.1 Å². The number of hydrogen-bond acceptors (Lipinski definition) is 3. The zero-order valence-corrected chi connectivity index (χ0v) is 16.6. The summed E-state index contributed by atoms with van der Waals surface area (Å²) in [5, 5.41) is 0. The second-order valence-electron chi connectivity index (χ2n) is 8.77. The maximum atomic E-state index is 13.0. The largest absolute Gasteiger partial charge is 0.485 e. The number of carbonyl (C=O) groups is 2. The highest BCUT2D eigenvalue weighted by atomic mass is 16.5. The van der Waals surface area contributed by atoms with Crippen molar-refractivity contribution < 1.29 is 14.3 Å². The summed E-state index contributed by atoms with van der Waals surface area (Å²) in [5.41, 5.74) is 0.758. The third-order valence-electron chi connectivity index (χ3n) is 6.79. The standard InChI is InChI=1S/C22H30N2O3/c1-15-12-19(15)21(26)24-13-17-6-4-5-7-20(17)27-22(14-24)10-8-18(9-11-22)23(3)16(2)25/h4-7,15,18-19H,8-14H2,1-3H3/t15-,18?,19-,22?/m0/s1.